The van der Waals surface area contributed by atoms with Crippen molar-refractivity contribution < 1.29 is 19.1 Å². The summed E-state index contributed by atoms with van der Waals surface area (Å²) in [5.41, 5.74) is 1.53. The molecule has 0 heterocycles. The molecule has 1 amide bonds. The maximum absolute atomic E-state index is 12.2. The summed E-state index contributed by atoms with van der Waals surface area (Å²) in [5.74, 6) is 0.0213. The van der Waals surface area contributed by atoms with E-state index in [4.69, 9.17) is 4.74 Å². The number of ketones is 1. The molecule has 0 saturated heterocycles. The van der Waals surface area contributed by atoms with Crippen LogP contribution in [0.4, 0.5) is 5.69 Å². The van der Waals surface area contributed by atoms with Crippen LogP contribution in [0.3, 0.4) is 0 Å². The predicted molar refractivity (Wildman–Crippen MR) is 87.0 cm³/mol. The summed E-state index contributed by atoms with van der Waals surface area (Å²) in [6, 6.07) is 13.3. The van der Waals surface area contributed by atoms with Gasteiger partial charge in [-0.25, -0.2) is 0 Å². The number of benzene rings is 2. The number of hydrogen-bond acceptors (Lipinski definition) is 4. The van der Waals surface area contributed by atoms with Crippen molar-refractivity contribution in [2.75, 3.05) is 5.32 Å². The number of carbonyl (C=O) groups excluding carboxylic acids is 3. The molecule has 0 bridgehead atoms. The molecule has 1 atom stereocenters. The van der Waals surface area contributed by atoms with Gasteiger partial charge in [0.05, 0.1) is 0 Å². The number of aldehydes is 1. The van der Waals surface area contributed by atoms with E-state index in [0.717, 1.165) is 0 Å². The van der Waals surface area contributed by atoms with Crippen molar-refractivity contribution >= 4 is 23.7 Å². The Labute approximate surface area is 134 Å². The molecule has 1 unspecified atom stereocenters. The maximum Gasteiger partial charge on any atom is 0.265 e. The summed E-state index contributed by atoms with van der Waals surface area (Å²) in [5, 5.41) is 2.70. The van der Waals surface area contributed by atoms with Crippen LogP contribution in [0.5, 0.6) is 5.75 Å². The van der Waals surface area contributed by atoms with Gasteiger partial charge in [0.25, 0.3) is 5.91 Å². The summed E-state index contributed by atoms with van der Waals surface area (Å²) < 4.78 is 5.53. The van der Waals surface area contributed by atoms with Crippen molar-refractivity contribution in [1.82, 2.24) is 0 Å². The molecule has 0 aliphatic heterocycles. The van der Waals surface area contributed by atoms with E-state index >= 15 is 0 Å². The number of Topliss-reactive ketones (excluding diaryl/α,β-unsaturated/α-hetero) is 1. The van der Waals surface area contributed by atoms with E-state index < -0.39 is 6.10 Å². The number of amides is 1. The summed E-state index contributed by atoms with van der Waals surface area (Å²) in [6.07, 6.45) is -0.0388. The Morgan fingerprint density at radius 2 is 1.87 bits per heavy atom. The molecule has 5 nitrogen and oxygen atoms in total. The fraction of sp³-hybridized carbons (Fsp3) is 0.167. The van der Waals surface area contributed by atoms with Gasteiger partial charge >= 0.3 is 0 Å². The first kappa shape index (κ1) is 16.4. The van der Waals surface area contributed by atoms with Crippen LogP contribution >= 0.6 is 0 Å². The lowest BCUT2D eigenvalue weighted by Crippen LogP contribution is -2.30. The number of carbonyl (C=O) groups is 3. The minimum absolute atomic E-state index is 0.0731. The normalized spacial score (nSPS) is 11.4. The lowest BCUT2D eigenvalue weighted by molar-refractivity contribution is -0.122. The third-order valence-corrected chi connectivity index (χ3v) is 3.21. The number of rotatable bonds is 6. The minimum atomic E-state index is -0.752. The Morgan fingerprint density at radius 1 is 1.13 bits per heavy atom. The van der Waals surface area contributed by atoms with Gasteiger partial charge in [0.2, 0.25) is 0 Å². The zero-order valence-electron chi connectivity index (χ0n) is 12.9. The van der Waals surface area contributed by atoms with E-state index in [1.165, 1.54) is 6.92 Å². The van der Waals surface area contributed by atoms with Gasteiger partial charge in [0.15, 0.2) is 11.9 Å². The van der Waals surface area contributed by atoms with E-state index in [2.05, 4.69) is 5.32 Å². The van der Waals surface area contributed by atoms with Crippen molar-refractivity contribution in [3.8, 4) is 5.75 Å². The molecule has 0 aromatic heterocycles. The van der Waals surface area contributed by atoms with Crippen LogP contribution < -0.4 is 10.1 Å². The van der Waals surface area contributed by atoms with Crippen molar-refractivity contribution in [2.24, 2.45) is 0 Å². The molecule has 118 valence electrons. The van der Waals surface area contributed by atoms with Crippen molar-refractivity contribution in [1.29, 1.82) is 0 Å². The Kier molecular flexibility index (Phi) is 5.25. The van der Waals surface area contributed by atoms with E-state index in [1.807, 2.05) is 0 Å². The first-order valence-electron chi connectivity index (χ1n) is 7.13. The van der Waals surface area contributed by atoms with Gasteiger partial charge in [-0.2, -0.15) is 0 Å². The van der Waals surface area contributed by atoms with Crippen molar-refractivity contribution in [2.45, 2.75) is 20.0 Å². The van der Waals surface area contributed by atoms with Crippen molar-refractivity contribution in [3.63, 3.8) is 0 Å². The molecule has 0 aliphatic carbocycles. The zero-order valence-corrected chi connectivity index (χ0v) is 12.9. The second-order valence-corrected chi connectivity index (χ2v) is 5.08. The summed E-state index contributed by atoms with van der Waals surface area (Å²) >= 11 is 0. The first-order valence-corrected chi connectivity index (χ1v) is 7.13. The van der Waals surface area contributed by atoms with E-state index in [-0.39, 0.29) is 11.7 Å². The fourth-order valence-corrected chi connectivity index (χ4v) is 1.98. The summed E-state index contributed by atoms with van der Waals surface area (Å²) in [4.78, 5) is 34.3. The first-order chi connectivity index (χ1) is 11.0. The summed E-state index contributed by atoms with van der Waals surface area (Å²) in [6.45, 7) is 3.07. The SMILES string of the molecule is CC(=O)c1cccc(NC(=O)C(C)Oc2cccc(C=O)c2)c1. The molecule has 2 aromatic carbocycles. The van der Waals surface area contributed by atoms with Crippen LogP contribution in [-0.4, -0.2) is 24.1 Å². The van der Waals surface area contributed by atoms with E-state index in [0.29, 0.717) is 28.8 Å². The zero-order chi connectivity index (χ0) is 16.8. The molecule has 0 saturated carbocycles. The standard InChI is InChI=1S/C18H17NO4/c1-12(21)15-6-4-7-16(10-15)19-18(22)13(2)23-17-8-3-5-14(9-17)11-20/h3-11,13H,1-2H3,(H,19,22). The molecule has 5 heteroatoms. The van der Waals surface area contributed by atoms with Crippen LogP contribution in [0.2, 0.25) is 0 Å². The highest BCUT2D eigenvalue weighted by Gasteiger charge is 2.15. The average Bonchev–Trinajstić information content (AvgIpc) is 2.55. The molecule has 1 N–H and O–H groups in total. The predicted octanol–water partition coefficient (Wildman–Crippen LogP) is 3.11. The van der Waals surface area contributed by atoms with Crippen LogP contribution in [0, 0.1) is 0 Å². The fourth-order valence-electron chi connectivity index (χ4n) is 1.98. The molecule has 0 fully saturated rings. The lowest BCUT2D eigenvalue weighted by atomic mass is 10.1. The quantitative estimate of drug-likeness (QED) is 0.657. The topological polar surface area (TPSA) is 72.5 Å². The van der Waals surface area contributed by atoms with Gasteiger partial charge in [0, 0.05) is 16.8 Å². The Morgan fingerprint density at radius 3 is 2.57 bits per heavy atom. The largest absolute Gasteiger partial charge is 0.481 e. The Hall–Kier alpha value is -2.95. The van der Waals surface area contributed by atoms with Crippen molar-refractivity contribution in [3.05, 3.63) is 59.7 Å². The highest BCUT2D eigenvalue weighted by molar-refractivity contribution is 5.98. The third kappa shape index (κ3) is 4.51. The molecule has 0 radical (unpaired) electrons. The van der Waals surface area contributed by atoms with Crippen LogP contribution in [0.15, 0.2) is 48.5 Å². The molecule has 23 heavy (non-hydrogen) atoms. The molecule has 0 spiro atoms. The van der Waals surface area contributed by atoms with Gasteiger partial charge in [-0.05, 0) is 38.1 Å². The van der Waals surface area contributed by atoms with Gasteiger partial charge < -0.3 is 10.1 Å². The second kappa shape index (κ2) is 7.35. The number of anilines is 1. The second-order valence-electron chi connectivity index (χ2n) is 5.08. The number of hydrogen-bond donors (Lipinski definition) is 1. The summed E-state index contributed by atoms with van der Waals surface area (Å²) in [7, 11) is 0. The highest BCUT2D eigenvalue weighted by atomic mass is 16.5. The Bertz CT molecular complexity index is 739. The van der Waals surface area contributed by atoms with Gasteiger partial charge in [-0.3, -0.25) is 14.4 Å². The van der Waals surface area contributed by atoms with E-state index in [9.17, 15) is 14.4 Å². The monoisotopic (exact) mass is 311 g/mol. The molecular formula is C18H17NO4. The van der Waals surface area contributed by atoms with Gasteiger partial charge in [-0.15, -0.1) is 0 Å². The minimum Gasteiger partial charge on any atom is -0.481 e. The smallest absolute Gasteiger partial charge is 0.265 e. The van der Waals surface area contributed by atoms with Crippen LogP contribution in [0.25, 0.3) is 0 Å². The highest BCUT2D eigenvalue weighted by Crippen LogP contribution is 2.16. The van der Waals surface area contributed by atoms with Gasteiger partial charge in [0.1, 0.15) is 12.0 Å². The average molecular weight is 311 g/mol. The molecule has 2 aromatic rings. The maximum atomic E-state index is 12.2. The molecular weight excluding hydrogens is 294 g/mol. The van der Waals surface area contributed by atoms with Crippen LogP contribution in [0.1, 0.15) is 34.6 Å². The van der Waals surface area contributed by atoms with Gasteiger partial charge in [-0.1, -0.05) is 24.3 Å². The third-order valence-electron chi connectivity index (χ3n) is 3.21. The molecule has 0 aliphatic rings. The number of nitrogens with one attached hydrogen (secondary N) is 1. The lowest BCUT2D eigenvalue weighted by Gasteiger charge is -2.15. The molecule has 2 rings (SSSR count). The Balaban J connectivity index is 2.03. The number of ether oxygens (including phenoxy) is 1. The van der Waals surface area contributed by atoms with Crippen LogP contribution in [-0.2, 0) is 4.79 Å². The van der Waals surface area contributed by atoms with E-state index in [1.54, 1.807) is 55.5 Å².